The smallest absolute Gasteiger partial charge is 0.101 e. The number of hydrogen-bond donors (Lipinski definition) is 0. The Labute approximate surface area is 424 Å². The Kier molecular flexibility index (Phi) is 8.09. The first-order valence-corrected chi connectivity index (χ1v) is 25.6. The van der Waals surface area contributed by atoms with Crippen LogP contribution in [0.25, 0.3) is 158 Å². The van der Waals surface area contributed by atoms with Crippen LogP contribution in [0, 0.1) is 0 Å². The van der Waals surface area contributed by atoms with Gasteiger partial charge in [0.25, 0.3) is 0 Å². The van der Waals surface area contributed by atoms with Gasteiger partial charge in [-0.3, -0.25) is 20.0 Å². The fourth-order valence-corrected chi connectivity index (χ4v) is 13.7. The molecule has 4 nitrogen and oxygen atoms in total. The van der Waals surface area contributed by atoms with Gasteiger partial charge in [-0.1, -0.05) is 188 Å². The standard InChI is InChI=1S/C70H40N4/c1-3-17-41-39(13-1)15-7-21-43(41)49-31-32-50(51-25-11-29-59-69(51)73-35-33-71-59)66-57-37-55-48-24-10-27-53-62(48)58(38-56(55)47-23-9-26-52(61(47)57)64(49)66)68-65(54-28-12-30-60-70(54)74-36-34-72-60)46-20-6-5-19-45(46)63(67(53)68)44-22-8-16-40-14-2-4-18-42(40)44/h1-38,60,70H. The molecule has 0 spiro atoms. The zero-order chi connectivity index (χ0) is 48.2. The van der Waals surface area contributed by atoms with Gasteiger partial charge in [0.2, 0.25) is 0 Å². The predicted molar refractivity (Wildman–Crippen MR) is 315 cm³/mol. The number of allylic oxidation sites excluding steroid dienone is 2. The van der Waals surface area contributed by atoms with E-state index in [0.717, 1.165) is 22.2 Å². The van der Waals surface area contributed by atoms with E-state index in [-0.39, 0.29) is 12.1 Å². The molecule has 2 atom stereocenters. The number of aromatic nitrogens is 2. The highest BCUT2D eigenvalue weighted by Crippen LogP contribution is 2.56. The molecule has 0 fully saturated rings. The molecule has 14 aromatic carbocycles. The van der Waals surface area contributed by atoms with Gasteiger partial charge in [-0.15, -0.1) is 0 Å². The minimum atomic E-state index is -0.142. The van der Waals surface area contributed by atoms with Crippen molar-refractivity contribution in [3.63, 3.8) is 0 Å². The molecule has 15 aromatic rings. The van der Waals surface area contributed by atoms with Crippen LogP contribution in [-0.4, -0.2) is 34.5 Å². The summed E-state index contributed by atoms with van der Waals surface area (Å²) in [4.78, 5) is 19.9. The van der Waals surface area contributed by atoms with E-state index in [4.69, 9.17) is 20.0 Å². The van der Waals surface area contributed by atoms with Crippen LogP contribution in [0.15, 0.2) is 229 Å². The first-order valence-electron chi connectivity index (χ1n) is 25.6. The Hall–Kier alpha value is -9.64. The van der Waals surface area contributed by atoms with E-state index in [1.807, 2.05) is 18.6 Å². The highest BCUT2D eigenvalue weighted by molar-refractivity contribution is 6.46. The molecule has 17 rings (SSSR count). The summed E-state index contributed by atoms with van der Waals surface area (Å²) in [5.74, 6) is 0. The number of rotatable bonds is 4. The lowest BCUT2D eigenvalue weighted by Gasteiger charge is -2.28. The van der Waals surface area contributed by atoms with E-state index in [2.05, 4.69) is 206 Å². The Bertz CT molecular complexity index is 5080. The van der Waals surface area contributed by atoms with Crippen LogP contribution in [-0.2, 0) is 0 Å². The third kappa shape index (κ3) is 5.31. The maximum atomic E-state index is 5.19. The maximum absolute atomic E-state index is 5.19. The van der Waals surface area contributed by atoms with Crippen LogP contribution in [0.2, 0.25) is 0 Å². The molecule has 2 unspecified atom stereocenters. The van der Waals surface area contributed by atoms with Gasteiger partial charge in [0, 0.05) is 30.4 Å². The molecular weight excluding hydrogens is 897 g/mol. The summed E-state index contributed by atoms with van der Waals surface area (Å²) in [6.07, 6.45) is 14.0. The quantitative estimate of drug-likeness (QED) is 0.165. The monoisotopic (exact) mass is 936 g/mol. The molecular formula is C70H40N4. The zero-order valence-corrected chi connectivity index (χ0v) is 39.9. The minimum absolute atomic E-state index is 0.0684. The van der Waals surface area contributed by atoms with E-state index in [9.17, 15) is 0 Å². The summed E-state index contributed by atoms with van der Waals surface area (Å²) in [5.41, 5.74) is 11.4. The molecule has 2 heterocycles. The molecule has 0 bridgehead atoms. The van der Waals surface area contributed by atoms with Crippen LogP contribution in [0.5, 0.6) is 0 Å². The van der Waals surface area contributed by atoms with Crippen LogP contribution >= 0.6 is 0 Å². The second kappa shape index (κ2) is 15.0. The predicted octanol–water partition coefficient (Wildman–Crippen LogP) is 17.9. The number of para-hydroxylation sites is 1. The van der Waals surface area contributed by atoms with Crippen molar-refractivity contribution < 1.29 is 0 Å². The van der Waals surface area contributed by atoms with Gasteiger partial charge in [0.15, 0.2) is 0 Å². The van der Waals surface area contributed by atoms with Crippen LogP contribution < -0.4 is 0 Å². The summed E-state index contributed by atoms with van der Waals surface area (Å²) in [7, 11) is 0. The normalized spacial score (nSPS) is 15.8. The molecule has 0 saturated carbocycles. The van der Waals surface area contributed by atoms with Crippen molar-refractivity contribution in [1.82, 2.24) is 9.97 Å². The van der Waals surface area contributed by atoms with Gasteiger partial charge >= 0.3 is 0 Å². The Balaban J connectivity index is 1.08. The molecule has 74 heavy (non-hydrogen) atoms. The molecule has 0 saturated heterocycles. The summed E-state index contributed by atoms with van der Waals surface area (Å²) in [5, 5.41) is 25.0. The minimum Gasteiger partial charge on any atom is -0.282 e. The largest absolute Gasteiger partial charge is 0.282 e. The Morgan fingerprint density at radius 3 is 1.59 bits per heavy atom. The third-order valence-electron chi connectivity index (χ3n) is 16.6. The molecule has 4 heteroatoms. The fraction of sp³-hybridized carbons (Fsp3) is 0.0286. The number of benzene rings is 12. The van der Waals surface area contributed by atoms with Crippen molar-refractivity contribution in [1.29, 1.82) is 0 Å². The lowest BCUT2D eigenvalue weighted by molar-refractivity contribution is 0.719. The summed E-state index contributed by atoms with van der Waals surface area (Å²) >= 11 is 0. The van der Waals surface area contributed by atoms with Gasteiger partial charge in [-0.25, -0.2) is 0 Å². The maximum Gasteiger partial charge on any atom is 0.101 e. The number of hydrogen-bond acceptors (Lipinski definition) is 4. The van der Waals surface area contributed by atoms with Crippen molar-refractivity contribution >= 4 is 137 Å². The second-order valence-electron chi connectivity index (χ2n) is 20.2. The summed E-state index contributed by atoms with van der Waals surface area (Å²) in [6, 6.07) is 70.3. The average Bonchev–Trinajstić information content (AvgIpc) is 4.02. The van der Waals surface area contributed by atoms with Crippen molar-refractivity contribution in [2.45, 2.75) is 12.1 Å². The molecule has 340 valence electrons. The van der Waals surface area contributed by atoms with Gasteiger partial charge < -0.3 is 0 Å². The van der Waals surface area contributed by atoms with E-state index >= 15 is 0 Å². The van der Waals surface area contributed by atoms with E-state index in [1.165, 1.54) is 141 Å². The fourth-order valence-electron chi connectivity index (χ4n) is 13.7. The Morgan fingerprint density at radius 1 is 0.324 bits per heavy atom. The van der Waals surface area contributed by atoms with Gasteiger partial charge in [0.05, 0.1) is 17.1 Å². The van der Waals surface area contributed by atoms with Gasteiger partial charge in [0.1, 0.15) is 6.04 Å². The van der Waals surface area contributed by atoms with Crippen LogP contribution in [0.1, 0.15) is 5.56 Å². The van der Waals surface area contributed by atoms with Crippen LogP contribution in [0.4, 0.5) is 0 Å². The van der Waals surface area contributed by atoms with E-state index in [0.29, 0.717) is 0 Å². The van der Waals surface area contributed by atoms with Gasteiger partial charge in [-0.05, 0) is 165 Å². The first-order chi connectivity index (χ1) is 36.8. The van der Waals surface area contributed by atoms with E-state index in [1.54, 1.807) is 6.20 Å². The molecule has 0 radical (unpaired) electrons. The average molecular weight is 937 g/mol. The molecule has 1 aliphatic carbocycles. The molecule has 1 aliphatic heterocycles. The molecule has 0 N–H and O–H groups in total. The molecule has 2 aliphatic rings. The molecule has 0 amide bonds. The number of nitrogens with zero attached hydrogens (tertiary/aromatic N) is 4. The number of aliphatic imine (C=N–C) groups is 2. The van der Waals surface area contributed by atoms with Crippen molar-refractivity contribution in [2.24, 2.45) is 9.98 Å². The van der Waals surface area contributed by atoms with E-state index < -0.39 is 0 Å². The van der Waals surface area contributed by atoms with Gasteiger partial charge in [-0.2, -0.15) is 0 Å². The van der Waals surface area contributed by atoms with Crippen LogP contribution in [0.3, 0.4) is 0 Å². The Morgan fingerprint density at radius 2 is 0.838 bits per heavy atom. The zero-order valence-electron chi connectivity index (χ0n) is 39.9. The van der Waals surface area contributed by atoms with Crippen molar-refractivity contribution in [3.8, 4) is 33.4 Å². The number of fused-ring (bicyclic) bond motifs is 14. The summed E-state index contributed by atoms with van der Waals surface area (Å²) < 4.78 is 0. The second-order valence-corrected chi connectivity index (χ2v) is 20.2. The molecule has 1 aromatic heterocycles. The third-order valence-corrected chi connectivity index (χ3v) is 16.6. The van der Waals surface area contributed by atoms with Crippen molar-refractivity contribution in [3.05, 3.63) is 224 Å². The highest BCUT2D eigenvalue weighted by Gasteiger charge is 2.32. The highest BCUT2D eigenvalue weighted by atomic mass is 14.9. The topological polar surface area (TPSA) is 50.5 Å². The lowest BCUT2D eigenvalue weighted by atomic mass is 9.81. The lowest BCUT2D eigenvalue weighted by Crippen LogP contribution is -2.27. The van der Waals surface area contributed by atoms with Crippen molar-refractivity contribution in [2.75, 3.05) is 0 Å². The first kappa shape index (κ1) is 40.0. The SMILES string of the molecule is C1=CC2N=CC=NC2C(c2c3ccccc3c(-c3cccc4ccccc34)c3c4cccc5c6cc7c8c(-c9cccc%10nccnc9%10)ccc(-c9cccc%10ccccc9%10)c8c8cccc(c6cc(c23)c54)c87)=C1. The summed E-state index contributed by atoms with van der Waals surface area (Å²) in [6.45, 7) is 0.